The summed E-state index contributed by atoms with van der Waals surface area (Å²) in [4.78, 5) is 30.1. The highest BCUT2D eigenvalue weighted by molar-refractivity contribution is 7.92. The molecule has 0 saturated heterocycles. The van der Waals surface area contributed by atoms with Crippen molar-refractivity contribution >= 4 is 39.1 Å². The molecule has 0 aliphatic carbocycles. The Labute approximate surface area is 282 Å². The number of carbonyl (C=O) groups excluding carboxylic acids is 2. The lowest BCUT2D eigenvalue weighted by molar-refractivity contribution is -0.140. The SMILES string of the molecule is COc1ccc(OC)c(N(CC(=O)N(Cc2cccc(Cl)c2)[C@@H](Cc2ccccc2)C(=O)NC(C)(C)C)S(=O)(=O)c2ccccc2)c1. The summed E-state index contributed by atoms with van der Waals surface area (Å²) in [6, 6.07) is 27.9. The number of methoxy groups -OCH3 is 2. The molecule has 4 rings (SSSR count). The molecule has 1 atom stereocenters. The van der Waals surface area contributed by atoms with E-state index in [1.165, 1.54) is 37.3 Å². The van der Waals surface area contributed by atoms with Crippen molar-refractivity contribution in [2.45, 2.75) is 50.2 Å². The molecule has 11 heteroatoms. The van der Waals surface area contributed by atoms with Crippen LogP contribution in [-0.2, 0) is 32.6 Å². The maximum absolute atomic E-state index is 14.7. The fourth-order valence-electron chi connectivity index (χ4n) is 5.06. The molecule has 0 unspecified atom stereocenters. The lowest BCUT2D eigenvalue weighted by Gasteiger charge is -2.35. The predicted molar refractivity (Wildman–Crippen MR) is 184 cm³/mol. The van der Waals surface area contributed by atoms with Crippen LogP contribution in [0.4, 0.5) is 5.69 Å². The summed E-state index contributed by atoms with van der Waals surface area (Å²) < 4.78 is 40.6. The standard InChI is InChI=1S/C36H40ClN3O6S/c1-36(2,3)38-35(42)32(22-26-13-8-6-9-14-26)39(24-27-15-12-16-28(37)21-27)34(41)25-40(47(43,44)30-17-10-7-11-18-30)31-23-29(45-4)19-20-33(31)46-5/h6-21,23,32H,22,24-25H2,1-5H3,(H,38,42)/t32-/m0/s1. The number of nitrogens with one attached hydrogen (secondary N) is 1. The highest BCUT2D eigenvalue weighted by atomic mass is 35.5. The lowest BCUT2D eigenvalue weighted by atomic mass is 10.0. The zero-order valence-electron chi connectivity index (χ0n) is 27.1. The van der Waals surface area contributed by atoms with Gasteiger partial charge in [0.15, 0.2) is 0 Å². The number of amides is 2. The van der Waals surface area contributed by atoms with Gasteiger partial charge in [-0.1, -0.05) is 72.3 Å². The Hall–Kier alpha value is -4.54. The average molecular weight is 678 g/mol. The van der Waals surface area contributed by atoms with Crippen LogP contribution in [0, 0.1) is 0 Å². The van der Waals surface area contributed by atoms with Crippen LogP contribution in [0.3, 0.4) is 0 Å². The second kappa shape index (κ2) is 15.4. The number of ether oxygens (including phenoxy) is 2. The number of anilines is 1. The summed E-state index contributed by atoms with van der Waals surface area (Å²) in [7, 11) is -1.45. The van der Waals surface area contributed by atoms with Crippen LogP contribution in [0.5, 0.6) is 11.5 Å². The molecule has 0 aromatic heterocycles. The van der Waals surface area contributed by atoms with Crippen LogP contribution in [0.25, 0.3) is 0 Å². The van der Waals surface area contributed by atoms with Crippen LogP contribution in [-0.4, -0.2) is 57.5 Å². The van der Waals surface area contributed by atoms with E-state index in [-0.39, 0.29) is 35.2 Å². The number of hydrogen-bond acceptors (Lipinski definition) is 6. The normalized spacial score (nSPS) is 12.1. The van der Waals surface area contributed by atoms with E-state index in [9.17, 15) is 18.0 Å². The number of hydrogen-bond donors (Lipinski definition) is 1. The number of sulfonamides is 1. The average Bonchev–Trinajstić information content (AvgIpc) is 3.04. The van der Waals surface area contributed by atoms with Crippen molar-refractivity contribution in [1.29, 1.82) is 0 Å². The Morgan fingerprint density at radius 1 is 0.830 bits per heavy atom. The van der Waals surface area contributed by atoms with Crippen molar-refractivity contribution in [3.05, 3.63) is 119 Å². The quantitative estimate of drug-likeness (QED) is 0.183. The first-order valence-electron chi connectivity index (χ1n) is 15.0. The molecule has 0 aliphatic heterocycles. The van der Waals surface area contributed by atoms with E-state index in [1.807, 2.05) is 51.1 Å². The maximum Gasteiger partial charge on any atom is 0.264 e. The molecule has 47 heavy (non-hydrogen) atoms. The molecular formula is C36H40ClN3O6S. The van der Waals surface area contributed by atoms with Gasteiger partial charge in [0.25, 0.3) is 10.0 Å². The number of rotatable bonds is 13. The Bertz CT molecular complexity index is 1780. The smallest absolute Gasteiger partial charge is 0.264 e. The second-order valence-electron chi connectivity index (χ2n) is 12.0. The summed E-state index contributed by atoms with van der Waals surface area (Å²) in [5, 5.41) is 3.48. The number of nitrogens with zero attached hydrogens (tertiary/aromatic N) is 2. The highest BCUT2D eigenvalue weighted by Gasteiger charge is 2.36. The molecule has 4 aromatic carbocycles. The van der Waals surface area contributed by atoms with E-state index < -0.39 is 34.1 Å². The van der Waals surface area contributed by atoms with Crippen LogP contribution >= 0.6 is 11.6 Å². The first-order valence-corrected chi connectivity index (χ1v) is 16.8. The molecule has 0 bridgehead atoms. The van der Waals surface area contributed by atoms with Crippen molar-refractivity contribution in [3.63, 3.8) is 0 Å². The van der Waals surface area contributed by atoms with Gasteiger partial charge in [0.2, 0.25) is 11.8 Å². The largest absolute Gasteiger partial charge is 0.497 e. The molecule has 0 aliphatic rings. The van der Waals surface area contributed by atoms with Crippen LogP contribution in [0.2, 0.25) is 5.02 Å². The predicted octanol–water partition coefficient (Wildman–Crippen LogP) is 6.11. The second-order valence-corrected chi connectivity index (χ2v) is 14.3. The molecule has 1 N–H and O–H groups in total. The molecule has 0 radical (unpaired) electrons. The highest BCUT2D eigenvalue weighted by Crippen LogP contribution is 2.36. The number of benzene rings is 4. The summed E-state index contributed by atoms with van der Waals surface area (Å²) in [6.45, 7) is 4.92. The van der Waals surface area contributed by atoms with Crippen LogP contribution < -0.4 is 19.1 Å². The Morgan fingerprint density at radius 3 is 2.06 bits per heavy atom. The van der Waals surface area contributed by atoms with Gasteiger partial charge in [-0.25, -0.2) is 8.42 Å². The minimum absolute atomic E-state index is 0.0110. The molecule has 4 aromatic rings. The van der Waals surface area contributed by atoms with Gasteiger partial charge in [-0.2, -0.15) is 0 Å². The zero-order valence-corrected chi connectivity index (χ0v) is 28.7. The zero-order chi connectivity index (χ0) is 34.2. The lowest BCUT2D eigenvalue weighted by Crippen LogP contribution is -2.56. The van der Waals surface area contributed by atoms with E-state index >= 15 is 0 Å². The van der Waals surface area contributed by atoms with Gasteiger partial charge in [0.05, 0.1) is 24.8 Å². The van der Waals surface area contributed by atoms with Gasteiger partial charge < -0.3 is 19.7 Å². The van der Waals surface area contributed by atoms with Gasteiger partial charge in [0.1, 0.15) is 24.1 Å². The molecule has 248 valence electrons. The van der Waals surface area contributed by atoms with Gasteiger partial charge in [-0.05, 0) is 68.3 Å². The third-order valence-electron chi connectivity index (χ3n) is 7.28. The first kappa shape index (κ1) is 35.3. The topological polar surface area (TPSA) is 105 Å². The minimum Gasteiger partial charge on any atom is -0.497 e. The van der Waals surface area contributed by atoms with E-state index in [0.717, 1.165) is 9.87 Å². The molecule has 0 fully saturated rings. The Morgan fingerprint density at radius 2 is 1.47 bits per heavy atom. The third kappa shape index (κ3) is 9.27. The molecule has 2 amide bonds. The van der Waals surface area contributed by atoms with Gasteiger partial charge in [-0.15, -0.1) is 0 Å². The maximum atomic E-state index is 14.7. The summed E-state index contributed by atoms with van der Waals surface area (Å²) in [6.07, 6.45) is 0.184. The van der Waals surface area contributed by atoms with Gasteiger partial charge in [-0.3, -0.25) is 13.9 Å². The monoisotopic (exact) mass is 677 g/mol. The molecule has 0 heterocycles. The molecule has 0 spiro atoms. The van der Waals surface area contributed by atoms with Crippen LogP contribution in [0.1, 0.15) is 31.9 Å². The Kier molecular flexibility index (Phi) is 11.5. The number of halogens is 1. The van der Waals surface area contributed by atoms with Gasteiger partial charge >= 0.3 is 0 Å². The van der Waals surface area contributed by atoms with Crippen molar-refractivity contribution in [1.82, 2.24) is 10.2 Å². The van der Waals surface area contributed by atoms with E-state index in [2.05, 4.69) is 5.32 Å². The van der Waals surface area contributed by atoms with Gasteiger partial charge in [0, 0.05) is 29.6 Å². The van der Waals surface area contributed by atoms with Crippen molar-refractivity contribution in [2.75, 3.05) is 25.1 Å². The summed E-state index contributed by atoms with van der Waals surface area (Å²) in [5.74, 6) is -0.415. The Balaban J connectivity index is 1.87. The summed E-state index contributed by atoms with van der Waals surface area (Å²) >= 11 is 6.32. The number of carbonyl (C=O) groups is 2. The van der Waals surface area contributed by atoms with Crippen molar-refractivity contribution in [3.8, 4) is 11.5 Å². The third-order valence-corrected chi connectivity index (χ3v) is 9.29. The minimum atomic E-state index is -4.32. The van der Waals surface area contributed by atoms with E-state index in [1.54, 1.807) is 54.6 Å². The fraction of sp³-hybridized carbons (Fsp3) is 0.278. The molecule has 9 nitrogen and oxygen atoms in total. The fourth-order valence-corrected chi connectivity index (χ4v) is 6.71. The molecular weight excluding hydrogens is 638 g/mol. The summed E-state index contributed by atoms with van der Waals surface area (Å²) in [5.41, 5.74) is 0.996. The van der Waals surface area contributed by atoms with Crippen molar-refractivity contribution < 1.29 is 27.5 Å². The van der Waals surface area contributed by atoms with E-state index in [4.69, 9.17) is 21.1 Å². The van der Waals surface area contributed by atoms with Crippen molar-refractivity contribution in [2.24, 2.45) is 0 Å². The molecule has 0 saturated carbocycles. The van der Waals surface area contributed by atoms with E-state index in [0.29, 0.717) is 16.3 Å². The van der Waals surface area contributed by atoms with Crippen LogP contribution in [0.15, 0.2) is 108 Å². The first-order chi connectivity index (χ1) is 22.3.